The van der Waals surface area contributed by atoms with E-state index in [0.29, 0.717) is 0 Å². The minimum atomic E-state index is -0.595. The second kappa shape index (κ2) is 7.46. The molecule has 1 amide bonds. The molecule has 6 nitrogen and oxygen atoms in total. The van der Waals surface area contributed by atoms with E-state index in [0.717, 1.165) is 43.0 Å². The Bertz CT molecular complexity index is 848. The van der Waals surface area contributed by atoms with Gasteiger partial charge in [0.25, 0.3) is 11.5 Å². The standard InChI is InChI=1S/C18H20FN3O3/c1-25-16-7-6-13(10-14(16)19)18(24)20-8-9-22-17(23)11-12-4-2-3-5-15(12)21-22/h6-7,10-11H,2-5,8-9H2,1H3,(H,20,24). The molecule has 0 saturated heterocycles. The number of hydrogen-bond donors (Lipinski definition) is 1. The van der Waals surface area contributed by atoms with Gasteiger partial charge >= 0.3 is 0 Å². The molecule has 1 aliphatic rings. The number of rotatable bonds is 5. The molecule has 0 aliphatic heterocycles. The van der Waals surface area contributed by atoms with Gasteiger partial charge in [0.15, 0.2) is 11.6 Å². The maximum atomic E-state index is 13.7. The van der Waals surface area contributed by atoms with E-state index < -0.39 is 11.7 Å². The molecule has 132 valence electrons. The Morgan fingerprint density at radius 2 is 2.12 bits per heavy atom. The summed E-state index contributed by atoms with van der Waals surface area (Å²) in [5.74, 6) is -0.920. The lowest BCUT2D eigenvalue weighted by Crippen LogP contribution is -2.33. The van der Waals surface area contributed by atoms with Crippen molar-refractivity contribution in [3.63, 3.8) is 0 Å². The first-order valence-corrected chi connectivity index (χ1v) is 8.30. The molecule has 25 heavy (non-hydrogen) atoms. The molecule has 3 rings (SSSR count). The first kappa shape index (κ1) is 17.1. The minimum Gasteiger partial charge on any atom is -0.494 e. The molecule has 0 fully saturated rings. The Morgan fingerprint density at radius 1 is 1.32 bits per heavy atom. The molecule has 7 heteroatoms. The lowest BCUT2D eigenvalue weighted by atomic mass is 9.97. The van der Waals surface area contributed by atoms with E-state index in [9.17, 15) is 14.0 Å². The van der Waals surface area contributed by atoms with Crippen molar-refractivity contribution >= 4 is 5.91 Å². The maximum absolute atomic E-state index is 13.7. The number of fused-ring (bicyclic) bond motifs is 1. The lowest BCUT2D eigenvalue weighted by molar-refractivity contribution is 0.0951. The molecule has 0 saturated carbocycles. The van der Waals surface area contributed by atoms with Crippen molar-refractivity contribution in [2.24, 2.45) is 0 Å². The third-order valence-corrected chi connectivity index (χ3v) is 4.30. The monoisotopic (exact) mass is 345 g/mol. The number of nitrogens with one attached hydrogen (secondary N) is 1. The molecular weight excluding hydrogens is 325 g/mol. The summed E-state index contributed by atoms with van der Waals surface area (Å²) in [6.45, 7) is 0.509. The van der Waals surface area contributed by atoms with Crippen molar-refractivity contribution in [1.29, 1.82) is 0 Å². The van der Waals surface area contributed by atoms with Crippen molar-refractivity contribution in [3.05, 3.63) is 57.3 Å². The maximum Gasteiger partial charge on any atom is 0.267 e. The van der Waals surface area contributed by atoms with Gasteiger partial charge in [-0.25, -0.2) is 9.07 Å². The van der Waals surface area contributed by atoms with Crippen molar-refractivity contribution in [3.8, 4) is 5.75 Å². The van der Waals surface area contributed by atoms with Gasteiger partial charge in [-0.3, -0.25) is 9.59 Å². The van der Waals surface area contributed by atoms with Gasteiger partial charge in [-0.2, -0.15) is 5.10 Å². The number of aromatic nitrogens is 2. The highest BCUT2D eigenvalue weighted by molar-refractivity contribution is 5.94. The van der Waals surface area contributed by atoms with Crippen LogP contribution >= 0.6 is 0 Å². The van der Waals surface area contributed by atoms with Gasteiger partial charge in [-0.1, -0.05) is 0 Å². The number of carbonyl (C=O) groups is 1. The molecule has 0 unspecified atom stereocenters. The summed E-state index contributed by atoms with van der Waals surface area (Å²) in [5, 5.41) is 7.07. The number of benzene rings is 1. The van der Waals surface area contributed by atoms with Crippen LogP contribution in [-0.4, -0.2) is 29.3 Å². The summed E-state index contributed by atoms with van der Waals surface area (Å²) >= 11 is 0. The van der Waals surface area contributed by atoms with E-state index >= 15 is 0 Å². The molecule has 0 bridgehead atoms. The Morgan fingerprint density at radius 3 is 2.88 bits per heavy atom. The minimum absolute atomic E-state index is 0.0846. The third kappa shape index (κ3) is 3.87. The average Bonchev–Trinajstić information content (AvgIpc) is 2.62. The van der Waals surface area contributed by atoms with Gasteiger partial charge in [-0.15, -0.1) is 0 Å². The summed E-state index contributed by atoms with van der Waals surface area (Å²) in [5.41, 5.74) is 2.04. The predicted molar refractivity (Wildman–Crippen MR) is 90.4 cm³/mol. The van der Waals surface area contributed by atoms with Crippen LogP contribution in [-0.2, 0) is 19.4 Å². The van der Waals surface area contributed by atoms with Crippen LogP contribution in [0.15, 0.2) is 29.1 Å². The Hall–Kier alpha value is -2.70. The van der Waals surface area contributed by atoms with E-state index in [1.807, 2.05) is 0 Å². The van der Waals surface area contributed by atoms with E-state index in [-0.39, 0.29) is 30.0 Å². The number of amides is 1. The van der Waals surface area contributed by atoms with Crippen LogP contribution in [0.2, 0.25) is 0 Å². The van der Waals surface area contributed by atoms with Crippen molar-refractivity contribution in [1.82, 2.24) is 15.1 Å². The number of aryl methyl sites for hydroxylation is 2. The highest BCUT2D eigenvalue weighted by atomic mass is 19.1. The van der Waals surface area contributed by atoms with Crippen LogP contribution in [0, 0.1) is 5.82 Å². The molecule has 1 aliphatic carbocycles. The first-order valence-electron chi connectivity index (χ1n) is 8.30. The number of carbonyl (C=O) groups excluding carboxylic acids is 1. The Balaban J connectivity index is 1.62. The zero-order valence-corrected chi connectivity index (χ0v) is 14.0. The van der Waals surface area contributed by atoms with Gasteiger partial charge in [0.2, 0.25) is 0 Å². The lowest BCUT2D eigenvalue weighted by Gasteiger charge is -2.16. The molecule has 1 heterocycles. The number of ether oxygens (including phenoxy) is 1. The van der Waals surface area contributed by atoms with E-state index in [1.54, 1.807) is 6.07 Å². The van der Waals surface area contributed by atoms with Crippen LogP contribution in [0.4, 0.5) is 4.39 Å². The quantitative estimate of drug-likeness (QED) is 0.895. The highest BCUT2D eigenvalue weighted by Crippen LogP contribution is 2.18. The van der Waals surface area contributed by atoms with Crippen molar-refractivity contribution in [2.45, 2.75) is 32.2 Å². The second-order valence-electron chi connectivity index (χ2n) is 5.99. The largest absolute Gasteiger partial charge is 0.494 e. The molecule has 0 spiro atoms. The predicted octanol–water partition coefficient (Wildman–Crippen LogP) is 1.70. The zero-order valence-electron chi connectivity index (χ0n) is 14.0. The summed E-state index contributed by atoms with van der Waals surface area (Å²) in [4.78, 5) is 24.2. The third-order valence-electron chi connectivity index (χ3n) is 4.30. The molecular formula is C18H20FN3O3. The number of methoxy groups -OCH3 is 1. The van der Waals surface area contributed by atoms with Gasteiger partial charge in [0.1, 0.15) is 0 Å². The Kier molecular flexibility index (Phi) is 5.11. The average molecular weight is 345 g/mol. The van der Waals surface area contributed by atoms with Crippen LogP contribution in [0.25, 0.3) is 0 Å². The summed E-state index contributed by atoms with van der Waals surface area (Å²) in [7, 11) is 1.36. The molecule has 1 N–H and O–H groups in total. The smallest absolute Gasteiger partial charge is 0.267 e. The number of hydrogen-bond acceptors (Lipinski definition) is 4. The zero-order chi connectivity index (χ0) is 17.8. The second-order valence-corrected chi connectivity index (χ2v) is 5.99. The van der Waals surface area contributed by atoms with Crippen LogP contribution in [0.5, 0.6) is 5.75 Å². The molecule has 0 radical (unpaired) electrons. The topological polar surface area (TPSA) is 73.2 Å². The van der Waals surface area contributed by atoms with Crippen LogP contribution in [0.3, 0.4) is 0 Å². The van der Waals surface area contributed by atoms with Gasteiger partial charge in [0.05, 0.1) is 19.3 Å². The summed E-state index contributed by atoms with van der Waals surface area (Å²) in [6, 6.07) is 5.65. The Labute approximate surface area is 144 Å². The molecule has 1 aromatic heterocycles. The fraction of sp³-hybridized carbons (Fsp3) is 0.389. The fourth-order valence-corrected chi connectivity index (χ4v) is 2.95. The van der Waals surface area contributed by atoms with Crippen LogP contribution in [0.1, 0.15) is 34.5 Å². The molecule has 2 aromatic rings. The SMILES string of the molecule is COc1ccc(C(=O)NCCn2nc3c(cc2=O)CCCC3)cc1F. The molecule has 1 aromatic carbocycles. The number of halogens is 1. The van der Waals surface area contributed by atoms with Crippen LogP contribution < -0.4 is 15.6 Å². The van der Waals surface area contributed by atoms with Gasteiger partial charge in [0, 0.05) is 18.2 Å². The summed E-state index contributed by atoms with van der Waals surface area (Å²) < 4.78 is 19.8. The van der Waals surface area contributed by atoms with Gasteiger partial charge < -0.3 is 10.1 Å². The fourth-order valence-electron chi connectivity index (χ4n) is 2.95. The normalized spacial score (nSPS) is 13.2. The van der Waals surface area contributed by atoms with E-state index in [2.05, 4.69) is 10.4 Å². The van der Waals surface area contributed by atoms with E-state index in [1.165, 1.54) is 23.9 Å². The van der Waals surface area contributed by atoms with E-state index in [4.69, 9.17) is 4.74 Å². The van der Waals surface area contributed by atoms with Crippen molar-refractivity contribution in [2.75, 3.05) is 13.7 Å². The molecule has 0 atom stereocenters. The summed E-state index contributed by atoms with van der Waals surface area (Å²) in [6.07, 6.45) is 3.95. The van der Waals surface area contributed by atoms with Crippen molar-refractivity contribution < 1.29 is 13.9 Å². The van der Waals surface area contributed by atoms with Gasteiger partial charge in [-0.05, 0) is 49.4 Å². The number of nitrogens with zero attached hydrogens (tertiary/aromatic N) is 2. The highest BCUT2D eigenvalue weighted by Gasteiger charge is 2.14. The first-order chi connectivity index (χ1) is 12.1.